The minimum Gasteiger partial charge on any atom is -0.444 e. The molecule has 1 aromatic carbocycles. The Kier molecular flexibility index (Phi) is 6.85. The third-order valence-electron chi connectivity index (χ3n) is 3.39. The highest BCUT2D eigenvalue weighted by Gasteiger charge is 2.20. The van der Waals surface area contributed by atoms with Gasteiger partial charge in [-0.2, -0.15) is 0 Å². The normalized spacial score (nSPS) is 13.3. The van der Waals surface area contributed by atoms with Gasteiger partial charge in [-0.1, -0.05) is 15.9 Å². The van der Waals surface area contributed by atoms with Crippen LogP contribution >= 0.6 is 15.9 Å². The fourth-order valence-electron chi connectivity index (χ4n) is 2.17. The number of hydrogen-bond donors (Lipinski definition) is 3. The highest BCUT2D eigenvalue weighted by atomic mass is 79.9. The molecule has 1 aliphatic heterocycles. The maximum Gasteiger partial charge on any atom is 0.412 e. The van der Waals surface area contributed by atoms with E-state index in [1.54, 1.807) is 57.4 Å². The van der Waals surface area contributed by atoms with E-state index in [9.17, 15) is 14.4 Å². The second kappa shape index (κ2) is 8.92. The van der Waals surface area contributed by atoms with Crippen LogP contribution in [0.3, 0.4) is 0 Å². The number of nitrogens with one attached hydrogen (secondary N) is 3. The number of halogens is 1. The molecular weight excluding hydrogens is 428 g/mol. The van der Waals surface area contributed by atoms with Crippen LogP contribution in [-0.4, -0.2) is 28.5 Å². The van der Waals surface area contributed by atoms with Gasteiger partial charge in [-0.3, -0.25) is 20.3 Å². The molecule has 3 N–H and O–H groups in total. The van der Waals surface area contributed by atoms with E-state index in [0.29, 0.717) is 15.8 Å². The molecule has 0 aromatic heterocycles. The number of anilines is 2. The van der Waals surface area contributed by atoms with Crippen LogP contribution in [0.25, 0.3) is 0 Å². The molecule has 28 heavy (non-hydrogen) atoms. The van der Waals surface area contributed by atoms with Gasteiger partial charge in [-0.15, -0.1) is 0 Å². The van der Waals surface area contributed by atoms with Gasteiger partial charge in [0.15, 0.2) is 0 Å². The Balaban J connectivity index is 2.03. The van der Waals surface area contributed by atoms with Gasteiger partial charge in [0.1, 0.15) is 12.0 Å². The third kappa shape index (κ3) is 6.73. The molecule has 0 spiro atoms. The van der Waals surface area contributed by atoms with Crippen molar-refractivity contribution in [1.82, 2.24) is 10.4 Å². The van der Waals surface area contributed by atoms with E-state index in [1.165, 1.54) is 5.01 Å². The lowest BCUT2D eigenvalue weighted by Crippen LogP contribution is -2.38. The lowest BCUT2D eigenvalue weighted by molar-refractivity contribution is -0.134. The van der Waals surface area contributed by atoms with E-state index in [0.717, 1.165) is 5.57 Å². The van der Waals surface area contributed by atoms with Crippen molar-refractivity contribution >= 4 is 45.2 Å². The van der Waals surface area contributed by atoms with Gasteiger partial charge in [0.05, 0.1) is 11.4 Å². The zero-order valence-corrected chi connectivity index (χ0v) is 17.7. The fourth-order valence-corrected chi connectivity index (χ4v) is 2.53. The van der Waals surface area contributed by atoms with Gasteiger partial charge in [0, 0.05) is 16.9 Å². The molecule has 0 saturated carbocycles. The Morgan fingerprint density at radius 3 is 2.50 bits per heavy atom. The molecule has 1 aromatic rings. The second-order valence-corrected chi connectivity index (χ2v) is 8.05. The largest absolute Gasteiger partial charge is 0.444 e. The van der Waals surface area contributed by atoms with Crippen LogP contribution in [0.15, 0.2) is 46.7 Å². The van der Waals surface area contributed by atoms with E-state index in [-0.39, 0.29) is 6.42 Å². The summed E-state index contributed by atoms with van der Waals surface area (Å²) in [4.78, 5) is 36.6. The average molecular weight is 451 g/mol. The van der Waals surface area contributed by atoms with E-state index in [4.69, 9.17) is 4.74 Å². The van der Waals surface area contributed by atoms with Crippen molar-refractivity contribution < 1.29 is 19.1 Å². The van der Waals surface area contributed by atoms with Crippen LogP contribution in [0.4, 0.5) is 16.2 Å². The van der Waals surface area contributed by atoms with E-state index in [2.05, 4.69) is 32.0 Å². The lowest BCUT2D eigenvalue weighted by atomic mass is 10.2. The summed E-state index contributed by atoms with van der Waals surface area (Å²) >= 11 is 3.32. The standard InChI is InChI=1S/C19H23BrN4O4/c1-12-7-8-24(21-11-12)17(26)10-16(25)22-15-9-13(20)5-6-14(15)23-18(27)28-19(2,3)4/h5-9,11,21H,10H2,1-4H3,(H,22,25)(H,23,27). The summed E-state index contributed by atoms with van der Waals surface area (Å²) in [5.41, 5.74) is 3.78. The zero-order valence-electron chi connectivity index (χ0n) is 16.1. The Hall–Kier alpha value is -2.81. The van der Waals surface area contributed by atoms with Gasteiger partial charge in [-0.25, -0.2) is 9.80 Å². The number of amides is 3. The quantitative estimate of drug-likeness (QED) is 0.604. The molecule has 0 fully saturated rings. The number of carbonyl (C=O) groups excluding carboxylic acids is 3. The number of allylic oxidation sites excluding steroid dienone is 2. The summed E-state index contributed by atoms with van der Waals surface area (Å²) in [7, 11) is 0. The lowest BCUT2D eigenvalue weighted by Gasteiger charge is -2.22. The topological polar surface area (TPSA) is 99.8 Å². The first-order valence-corrected chi connectivity index (χ1v) is 9.35. The fraction of sp³-hybridized carbons (Fsp3) is 0.316. The molecule has 150 valence electrons. The van der Waals surface area contributed by atoms with Gasteiger partial charge in [0.2, 0.25) is 5.91 Å². The smallest absolute Gasteiger partial charge is 0.412 e. The van der Waals surface area contributed by atoms with Gasteiger partial charge >= 0.3 is 6.09 Å². The number of nitrogens with zero attached hydrogens (tertiary/aromatic N) is 1. The van der Waals surface area contributed by atoms with Crippen molar-refractivity contribution in [2.45, 2.75) is 39.7 Å². The highest BCUT2D eigenvalue weighted by molar-refractivity contribution is 9.10. The number of benzene rings is 1. The van der Waals surface area contributed by atoms with Crippen LogP contribution in [-0.2, 0) is 14.3 Å². The number of hydrogen-bond acceptors (Lipinski definition) is 5. The molecule has 0 radical (unpaired) electrons. The molecular formula is C19H23BrN4O4. The van der Waals surface area contributed by atoms with Crippen molar-refractivity contribution in [2.24, 2.45) is 0 Å². The molecule has 0 unspecified atom stereocenters. The monoisotopic (exact) mass is 450 g/mol. The summed E-state index contributed by atoms with van der Waals surface area (Å²) in [5, 5.41) is 6.47. The van der Waals surface area contributed by atoms with Crippen molar-refractivity contribution in [3.63, 3.8) is 0 Å². The Bertz CT molecular complexity index is 843. The zero-order chi connectivity index (χ0) is 20.9. The van der Waals surface area contributed by atoms with Crippen LogP contribution in [0, 0.1) is 0 Å². The summed E-state index contributed by atoms with van der Waals surface area (Å²) in [6, 6.07) is 4.96. The van der Waals surface area contributed by atoms with Crippen LogP contribution in [0.5, 0.6) is 0 Å². The van der Waals surface area contributed by atoms with Gasteiger partial charge < -0.3 is 10.1 Å². The first kappa shape index (κ1) is 21.5. The Labute approximate surface area is 172 Å². The summed E-state index contributed by atoms with van der Waals surface area (Å²) in [6.07, 6.45) is 3.95. The maximum absolute atomic E-state index is 12.3. The van der Waals surface area contributed by atoms with Crippen molar-refractivity contribution in [3.05, 3.63) is 46.7 Å². The molecule has 0 aliphatic carbocycles. The molecule has 9 heteroatoms. The highest BCUT2D eigenvalue weighted by Crippen LogP contribution is 2.27. The molecule has 8 nitrogen and oxygen atoms in total. The van der Waals surface area contributed by atoms with Gasteiger partial charge in [0.25, 0.3) is 5.91 Å². The number of rotatable bonds is 4. The predicted octanol–water partition coefficient (Wildman–Crippen LogP) is 3.89. The van der Waals surface area contributed by atoms with E-state index < -0.39 is 23.5 Å². The second-order valence-electron chi connectivity index (χ2n) is 7.14. The van der Waals surface area contributed by atoms with Crippen molar-refractivity contribution in [1.29, 1.82) is 0 Å². The van der Waals surface area contributed by atoms with E-state index in [1.807, 2.05) is 6.92 Å². The molecule has 1 heterocycles. The van der Waals surface area contributed by atoms with Gasteiger partial charge in [-0.05, 0) is 57.5 Å². The molecule has 3 amide bonds. The minimum atomic E-state index is -0.656. The Morgan fingerprint density at radius 2 is 1.89 bits per heavy atom. The summed E-state index contributed by atoms with van der Waals surface area (Å²) in [5.74, 6) is -0.939. The maximum atomic E-state index is 12.3. The number of ether oxygens (including phenoxy) is 1. The number of hydrazine groups is 1. The minimum absolute atomic E-state index is 0.343. The number of carbonyl (C=O) groups is 3. The van der Waals surface area contributed by atoms with Crippen molar-refractivity contribution in [2.75, 3.05) is 10.6 Å². The predicted molar refractivity (Wildman–Crippen MR) is 110 cm³/mol. The third-order valence-corrected chi connectivity index (χ3v) is 3.88. The molecule has 0 bridgehead atoms. The Morgan fingerprint density at radius 1 is 1.18 bits per heavy atom. The molecule has 1 aliphatic rings. The van der Waals surface area contributed by atoms with Crippen molar-refractivity contribution in [3.8, 4) is 0 Å². The molecule has 2 rings (SSSR count). The SMILES string of the molecule is CC1=CNN(C(=O)CC(=O)Nc2cc(Br)ccc2NC(=O)OC(C)(C)C)C=C1. The average Bonchev–Trinajstić information content (AvgIpc) is 2.56. The van der Waals surface area contributed by atoms with Crippen LogP contribution in [0.1, 0.15) is 34.1 Å². The molecule has 0 saturated heterocycles. The van der Waals surface area contributed by atoms with Crippen LogP contribution in [0.2, 0.25) is 0 Å². The first-order valence-electron chi connectivity index (χ1n) is 8.56. The van der Waals surface area contributed by atoms with E-state index >= 15 is 0 Å². The van der Waals surface area contributed by atoms with Crippen LogP contribution < -0.4 is 16.1 Å². The first-order chi connectivity index (χ1) is 13.0. The summed E-state index contributed by atoms with van der Waals surface area (Å²) in [6.45, 7) is 7.14. The molecule has 0 atom stereocenters. The summed E-state index contributed by atoms with van der Waals surface area (Å²) < 4.78 is 5.93.